The Morgan fingerprint density at radius 2 is 1.95 bits per heavy atom. The van der Waals surface area contributed by atoms with Gasteiger partial charge in [0, 0.05) is 28.4 Å². The Morgan fingerprint density at radius 3 is 2.67 bits per heavy atom. The average molecular weight is 564 g/mol. The Morgan fingerprint density at radius 1 is 1.12 bits per heavy atom. The van der Waals surface area contributed by atoms with Crippen LogP contribution in [0.15, 0.2) is 54.1 Å². The highest BCUT2D eigenvalue weighted by Crippen LogP contribution is 2.47. The molecule has 0 amide bonds. The highest BCUT2D eigenvalue weighted by Gasteiger charge is 2.34. The number of ether oxygens (including phenoxy) is 3. The Balaban J connectivity index is 1.67. The molecule has 0 fully saturated rings. The zero-order valence-corrected chi connectivity index (χ0v) is 23.4. The largest absolute Gasteiger partial charge is 0.493 e. The second-order valence-corrected chi connectivity index (χ2v) is 10.1. The van der Waals surface area contributed by atoms with Crippen LogP contribution in [0.4, 0.5) is 0 Å². The molecule has 3 heterocycles. The maximum atomic E-state index is 11.3. The first kappa shape index (κ1) is 27.4. The van der Waals surface area contributed by atoms with Crippen molar-refractivity contribution in [1.29, 1.82) is 0 Å². The summed E-state index contributed by atoms with van der Waals surface area (Å²) < 4.78 is 22.1. The predicted molar refractivity (Wildman–Crippen MR) is 149 cm³/mol. The second-order valence-electron chi connectivity index (χ2n) is 9.71. The van der Waals surface area contributed by atoms with Crippen molar-refractivity contribution in [2.45, 2.75) is 45.4 Å². The highest BCUT2D eigenvalue weighted by atomic mass is 35.5. The number of aryl methyl sites for hydroxylation is 1. The molecule has 0 aliphatic carbocycles. The molecule has 1 N–H and O–H groups in total. The number of hydrogen-bond donors (Lipinski definition) is 1. The van der Waals surface area contributed by atoms with Crippen LogP contribution >= 0.6 is 11.6 Å². The van der Waals surface area contributed by atoms with E-state index in [1.54, 1.807) is 14.2 Å². The number of allylic oxidation sites excluding steroid dienone is 1. The van der Waals surface area contributed by atoms with Crippen LogP contribution in [0.5, 0.6) is 11.5 Å². The van der Waals surface area contributed by atoms with E-state index in [2.05, 4.69) is 52.1 Å². The van der Waals surface area contributed by atoms with E-state index in [4.69, 9.17) is 25.8 Å². The summed E-state index contributed by atoms with van der Waals surface area (Å²) in [6.07, 6.45) is 1.34. The molecule has 0 spiro atoms. The summed E-state index contributed by atoms with van der Waals surface area (Å²) >= 11 is 6.56. The molecule has 10 nitrogen and oxygen atoms in total. The summed E-state index contributed by atoms with van der Waals surface area (Å²) in [5.74, 6) is 0.437. The first-order valence-electron chi connectivity index (χ1n) is 12.8. The van der Waals surface area contributed by atoms with Crippen molar-refractivity contribution in [1.82, 2.24) is 24.8 Å². The second kappa shape index (κ2) is 11.5. The minimum absolute atomic E-state index is 0.271. The minimum atomic E-state index is -1.00. The fourth-order valence-corrected chi connectivity index (χ4v) is 5.31. The van der Waals surface area contributed by atoms with Crippen molar-refractivity contribution in [2.75, 3.05) is 14.2 Å². The number of fused-ring (bicyclic) bond motifs is 3. The van der Waals surface area contributed by atoms with Gasteiger partial charge in [-0.15, -0.1) is 5.10 Å². The lowest BCUT2D eigenvalue weighted by Gasteiger charge is -2.25. The van der Waals surface area contributed by atoms with E-state index in [9.17, 15) is 9.90 Å². The summed E-state index contributed by atoms with van der Waals surface area (Å²) in [6.45, 7) is 4.46. The third kappa shape index (κ3) is 5.32. The topological polar surface area (TPSA) is 114 Å². The monoisotopic (exact) mass is 563 g/mol. The zero-order valence-electron chi connectivity index (χ0n) is 22.7. The molecule has 4 aromatic rings. The highest BCUT2D eigenvalue weighted by molar-refractivity contribution is 6.30. The molecule has 11 heteroatoms. The molecular weight excluding hydrogens is 534 g/mol. The number of hydrogen-bond acceptors (Lipinski definition) is 7. The quantitative estimate of drug-likeness (QED) is 0.286. The van der Waals surface area contributed by atoms with Crippen molar-refractivity contribution < 1.29 is 24.1 Å². The van der Waals surface area contributed by atoms with Crippen LogP contribution in [0, 0.1) is 0 Å². The van der Waals surface area contributed by atoms with E-state index >= 15 is 0 Å². The average Bonchev–Trinajstić information content (AvgIpc) is 3.51. The Kier molecular flexibility index (Phi) is 7.90. The SMILES string of the molecule is COc1cccc(C2OC(CCn3nnnc3CC(=O)O)c3ccc(C=C(C)C)n3-c3ccc(Cl)cc32)c1OC. The number of rotatable bonds is 9. The predicted octanol–water partition coefficient (Wildman–Crippen LogP) is 5.44. The van der Waals surface area contributed by atoms with E-state index < -0.39 is 18.2 Å². The van der Waals surface area contributed by atoms with Gasteiger partial charge in [-0.1, -0.05) is 29.3 Å². The number of nitrogens with zero attached hydrogens (tertiary/aromatic N) is 5. The molecule has 0 saturated heterocycles. The molecule has 1 aliphatic rings. The molecule has 1 aliphatic heterocycles. The lowest BCUT2D eigenvalue weighted by Crippen LogP contribution is -2.16. The molecule has 2 atom stereocenters. The molecule has 0 bridgehead atoms. The Bertz CT molecular complexity index is 1570. The number of benzene rings is 2. The van der Waals surface area contributed by atoms with Crippen LogP contribution in [-0.4, -0.2) is 50.1 Å². The molecule has 208 valence electrons. The molecule has 2 aromatic heterocycles. The first-order chi connectivity index (χ1) is 19.3. The Hall–Kier alpha value is -4.15. The number of aliphatic carboxylic acids is 1. The van der Waals surface area contributed by atoms with Gasteiger partial charge in [-0.25, -0.2) is 4.68 Å². The van der Waals surface area contributed by atoms with E-state index in [0.717, 1.165) is 33.8 Å². The normalized spacial score (nSPS) is 16.0. The number of methoxy groups -OCH3 is 2. The van der Waals surface area contributed by atoms with Gasteiger partial charge in [-0.05, 0) is 73.2 Å². The van der Waals surface area contributed by atoms with Gasteiger partial charge in [0.25, 0.3) is 0 Å². The standard InChI is InChI=1S/C29H30ClN5O5/c1-17(2)14-19-9-11-23-24(12-13-34-26(16-27(36)37)31-32-33-34)40-28(20-6-5-7-25(38-3)29(20)39-4)21-15-18(30)8-10-22(21)35(19)23/h5-11,14-15,24,28H,12-13,16H2,1-4H3,(H,36,37). The van der Waals surface area contributed by atoms with Crippen molar-refractivity contribution in [3.63, 3.8) is 0 Å². The van der Waals surface area contributed by atoms with Gasteiger partial charge in [-0.2, -0.15) is 0 Å². The van der Waals surface area contributed by atoms with Gasteiger partial charge >= 0.3 is 5.97 Å². The molecule has 0 radical (unpaired) electrons. The molecule has 40 heavy (non-hydrogen) atoms. The van der Waals surface area contributed by atoms with E-state index in [1.807, 2.05) is 36.4 Å². The summed E-state index contributed by atoms with van der Waals surface area (Å²) in [6, 6.07) is 15.6. The van der Waals surface area contributed by atoms with Gasteiger partial charge in [-0.3, -0.25) is 4.79 Å². The number of tetrazole rings is 1. The summed E-state index contributed by atoms with van der Waals surface area (Å²) in [7, 11) is 3.20. The van der Waals surface area contributed by atoms with E-state index in [-0.39, 0.29) is 12.2 Å². The number of aromatic nitrogens is 5. The summed E-state index contributed by atoms with van der Waals surface area (Å²) in [5, 5.41) is 21.4. The van der Waals surface area contributed by atoms with Crippen LogP contribution in [0.1, 0.15) is 60.8 Å². The van der Waals surface area contributed by atoms with E-state index in [1.165, 1.54) is 4.68 Å². The van der Waals surface area contributed by atoms with Crippen LogP contribution in [-0.2, 0) is 22.5 Å². The third-order valence-electron chi connectivity index (χ3n) is 6.76. The number of carbonyl (C=O) groups is 1. The van der Waals surface area contributed by atoms with Crippen molar-refractivity contribution in [2.24, 2.45) is 0 Å². The van der Waals surface area contributed by atoms with Crippen molar-refractivity contribution in [3.8, 4) is 17.2 Å². The lowest BCUT2D eigenvalue weighted by molar-refractivity contribution is -0.136. The van der Waals surface area contributed by atoms with Crippen LogP contribution in [0.3, 0.4) is 0 Å². The molecule has 0 saturated carbocycles. The summed E-state index contributed by atoms with van der Waals surface area (Å²) in [4.78, 5) is 11.3. The van der Waals surface area contributed by atoms with Gasteiger partial charge < -0.3 is 23.9 Å². The maximum absolute atomic E-state index is 11.3. The molecule has 5 rings (SSSR count). The van der Waals surface area contributed by atoms with Gasteiger partial charge in [0.15, 0.2) is 17.3 Å². The summed E-state index contributed by atoms with van der Waals surface area (Å²) in [5.41, 5.74) is 5.68. The van der Waals surface area contributed by atoms with E-state index in [0.29, 0.717) is 29.5 Å². The van der Waals surface area contributed by atoms with Gasteiger partial charge in [0.2, 0.25) is 0 Å². The third-order valence-corrected chi connectivity index (χ3v) is 6.99. The van der Waals surface area contributed by atoms with Gasteiger partial charge in [0.05, 0.1) is 25.6 Å². The number of para-hydroxylation sites is 1. The smallest absolute Gasteiger partial charge is 0.311 e. The Labute approximate surface area is 236 Å². The fraction of sp³-hybridized carbons (Fsp3) is 0.310. The number of carboxylic acid groups (broad SMARTS) is 1. The zero-order chi connectivity index (χ0) is 28.4. The fourth-order valence-electron chi connectivity index (χ4n) is 5.13. The molecule has 2 unspecified atom stereocenters. The maximum Gasteiger partial charge on any atom is 0.311 e. The van der Waals surface area contributed by atoms with Crippen molar-refractivity contribution >= 4 is 23.6 Å². The lowest BCUT2D eigenvalue weighted by atomic mass is 9.98. The van der Waals surface area contributed by atoms with Crippen LogP contribution in [0.25, 0.3) is 11.8 Å². The minimum Gasteiger partial charge on any atom is -0.493 e. The molecular formula is C29H30ClN5O5. The van der Waals surface area contributed by atoms with Gasteiger partial charge in [0.1, 0.15) is 18.6 Å². The molecule has 2 aromatic carbocycles. The number of halogens is 1. The first-order valence-corrected chi connectivity index (χ1v) is 13.2. The van der Waals surface area contributed by atoms with Crippen LogP contribution in [0.2, 0.25) is 5.02 Å². The number of carboxylic acids is 1. The van der Waals surface area contributed by atoms with Crippen molar-refractivity contribution in [3.05, 3.63) is 87.5 Å². The van der Waals surface area contributed by atoms with Crippen LogP contribution < -0.4 is 9.47 Å².